The third-order valence-electron chi connectivity index (χ3n) is 6.21. The fourth-order valence-corrected chi connectivity index (χ4v) is 6.37. The van der Waals surface area contributed by atoms with E-state index in [9.17, 15) is 21.6 Å². The Hall–Kier alpha value is -1.57. The average molecular weight is 488 g/mol. The first-order valence-corrected chi connectivity index (χ1v) is 13.9. The van der Waals surface area contributed by atoms with Crippen LogP contribution in [0.25, 0.3) is 0 Å². The molecular formula is C20H33N5O5S2. The molecule has 3 rings (SSSR count). The second-order valence-electron chi connectivity index (χ2n) is 8.43. The second kappa shape index (κ2) is 10.6. The monoisotopic (exact) mass is 487 g/mol. The maximum Gasteiger partial charge on any atom is 0.282 e. The topological polar surface area (TPSA) is 133 Å². The number of nitrogens with zero attached hydrogens (tertiary/aromatic N) is 3. The van der Waals surface area contributed by atoms with Gasteiger partial charge in [0.2, 0.25) is 15.9 Å². The molecule has 1 aliphatic carbocycles. The maximum atomic E-state index is 13.0. The van der Waals surface area contributed by atoms with Crippen LogP contribution in [0, 0.1) is 0 Å². The summed E-state index contributed by atoms with van der Waals surface area (Å²) in [4.78, 5) is 14.3. The number of nitrogens with one attached hydrogen (secondary N) is 1. The minimum Gasteiger partial charge on any atom is -0.326 e. The van der Waals surface area contributed by atoms with Crippen molar-refractivity contribution in [3.63, 3.8) is 0 Å². The van der Waals surface area contributed by atoms with Gasteiger partial charge in [-0.15, -0.1) is 0 Å². The first-order valence-electron chi connectivity index (χ1n) is 11.0. The van der Waals surface area contributed by atoms with Crippen molar-refractivity contribution in [3.05, 3.63) is 24.3 Å². The fourth-order valence-electron chi connectivity index (χ4n) is 4.23. The highest BCUT2D eigenvalue weighted by Gasteiger charge is 2.34. The normalized spacial score (nSPS) is 19.8. The Kier molecular flexibility index (Phi) is 8.28. The summed E-state index contributed by atoms with van der Waals surface area (Å²) < 4.78 is 51.9. The van der Waals surface area contributed by atoms with E-state index in [2.05, 4.69) is 10.2 Å². The molecule has 1 aliphatic heterocycles. The molecule has 1 saturated carbocycles. The molecule has 0 bridgehead atoms. The van der Waals surface area contributed by atoms with Gasteiger partial charge in [0.15, 0.2) is 0 Å². The van der Waals surface area contributed by atoms with Crippen LogP contribution in [0.15, 0.2) is 29.2 Å². The summed E-state index contributed by atoms with van der Waals surface area (Å²) in [5, 5.41) is 7.80. The van der Waals surface area contributed by atoms with Crippen molar-refractivity contribution in [3.8, 4) is 0 Å². The molecule has 0 unspecified atom stereocenters. The molecule has 12 heteroatoms. The number of hydrogen-bond donors (Lipinski definition) is 2. The van der Waals surface area contributed by atoms with Crippen LogP contribution in [-0.2, 0) is 25.0 Å². The Labute approximate surface area is 191 Å². The van der Waals surface area contributed by atoms with Crippen LogP contribution in [0.5, 0.6) is 0 Å². The second-order valence-corrected chi connectivity index (χ2v) is 12.0. The largest absolute Gasteiger partial charge is 0.326 e. The van der Waals surface area contributed by atoms with Gasteiger partial charge >= 0.3 is 0 Å². The predicted molar refractivity (Wildman–Crippen MR) is 123 cm³/mol. The molecule has 2 fully saturated rings. The Morgan fingerprint density at radius 3 is 2.38 bits per heavy atom. The number of carbonyl (C=O) groups excluding carboxylic acids is 1. The van der Waals surface area contributed by atoms with Crippen LogP contribution in [-0.4, -0.2) is 82.1 Å². The molecule has 1 saturated heterocycles. The van der Waals surface area contributed by atoms with Crippen molar-refractivity contribution in [2.24, 2.45) is 5.14 Å². The molecule has 0 spiro atoms. The highest BCUT2D eigenvalue weighted by Crippen LogP contribution is 2.25. The van der Waals surface area contributed by atoms with Crippen molar-refractivity contribution in [1.82, 2.24) is 13.5 Å². The zero-order valence-corrected chi connectivity index (χ0v) is 20.1. The standard InChI is InChI=1S/C20H33N5O5S2/c1-23(18-7-3-2-4-8-18)32(29,30)25-14-12-24(13-15-25)11-10-20(26)22-17-6-5-9-19(16-17)31(21,27)28/h5-6,9,16,18H,2-4,7-8,10-15H2,1H3,(H,22,26)(H2,21,27,28). The number of benzene rings is 1. The highest BCUT2D eigenvalue weighted by atomic mass is 32.2. The first-order chi connectivity index (χ1) is 15.1. The molecule has 1 amide bonds. The number of sulfonamides is 1. The minimum atomic E-state index is -3.84. The summed E-state index contributed by atoms with van der Waals surface area (Å²) in [5.41, 5.74) is 0.364. The van der Waals surface area contributed by atoms with E-state index in [1.165, 1.54) is 28.9 Å². The van der Waals surface area contributed by atoms with Gasteiger partial charge in [-0.05, 0) is 31.0 Å². The molecule has 1 heterocycles. The molecule has 2 aliphatic rings. The minimum absolute atomic E-state index is 0.0641. The van der Waals surface area contributed by atoms with E-state index in [-0.39, 0.29) is 23.3 Å². The third kappa shape index (κ3) is 6.49. The number of piperazine rings is 1. The van der Waals surface area contributed by atoms with E-state index >= 15 is 0 Å². The van der Waals surface area contributed by atoms with Gasteiger partial charge in [0.25, 0.3) is 10.2 Å². The lowest BCUT2D eigenvalue weighted by atomic mass is 9.96. The van der Waals surface area contributed by atoms with Crippen molar-refractivity contribution >= 4 is 31.8 Å². The number of anilines is 1. The summed E-state index contributed by atoms with van der Waals surface area (Å²) in [5.74, 6) is -0.247. The van der Waals surface area contributed by atoms with Crippen LogP contribution in [0.2, 0.25) is 0 Å². The molecule has 0 aromatic heterocycles. The lowest BCUT2D eigenvalue weighted by Gasteiger charge is -2.38. The molecule has 180 valence electrons. The Morgan fingerprint density at radius 1 is 1.09 bits per heavy atom. The summed E-state index contributed by atoms with van der Waals surface area (Å²) in [6.07, 6.45) is 5.39. The van der Waals surface area contributed by atoms with Crippen LogP contribution in [0.1, 0.15) is 38.5 Å². The van der Waals surface area contributed by atoms with Crippen molar-refractivity contribution in [2.45, 2.75) is 49.5 Å². The van der Waals surface area contributed by atoms with Crippen LogP contribution >= 0.6 is 0 Å². The average Bonchev–Trinajstić information content (AvgIpc) is 2.77. The summed E-state index contributed by atoms with van der Waals surface area (Å²) in [6, 6.07) is 5.88. The Morgan fingerprint density at radius 2 is 1.75 bits per heavy atom. The summed E-state index contributed by atoms with van der Waals surface area (Å²) >= 11 is 0. The van der Waals surface area contributed by atoms with Crippen molar-refractivity contribution in [1.29, 1.82) is 0 Å². The number of nitrogens with two attached hydrogens (primary N) is 1. The number of amides is 1. The maximum absolute atomic E-state index is 13.0. The van der Waals surface area contributed by atoms with E-state index in [1.54, 1.807) is 17.4 Å². The quantitative estimate of drug-likeness (QED) is 0.557. The summed E-state index contributed by atoms with van der Waals surface area (Å²) in [7, 11) is -5.62. The van der Waals surface area contributed by atoms with Gasteiger partial charge in [0, 0.05) is 57.9 Å². The fraction of sp³-hybridized carbons (Fsp3) is 0.650. The van der Waals surface area contributed by atoms with Gasteiger partial charge in [-0.3, -0.25) is 4.79 Å². The molecule has 1 aromatic carbocycles. The van der Waals surface area contributed by atoms with E-state index in [4.69, 9.17) is 5.14 Å². The van der Waals surface area contributed by atoms with Gasteiger partial charge in [-0.2, -0.15) is 17.0 Å². The van der Waals surface area contributed by atoms with E-state index in [1.807, 2.05) is 0 Å². The summed E-state index contributed by atoms with van der Waals surface area (Å²) in [6.45, 7) is 2.42. The molecule has 1 aromatic rings. The SMILES string of the molecule is CN(C1CCCCC1)S(=O)(=O)N1CCN(CCC(=O)Nc2cccc(S(N)(=O)=O)c2)CC1. The molecule has 0 atom stereocenters. The number of carbonyl (C=O) groups is 1. The molecule has 32 heavy (non-hydrogen) atoms. The smallest absolute Gasteiger partial charge is 0.282 e. The molecule has 10 nitrogen and oxygen atoms in total. The van der Waals surface area contributed by atoms with Crippen LogP contribution in [0.3, 0.4) is 0 Å². The van der Waals surface area contributed by atoms with Gasteiger partial charge in [-0.1, -0.05) is 25.3 Å². The zero-order valence-electron chi connectivity index (χ0n) is 18.4. The lowest BCUT2D eigenvalue weighted by molar-refractivity contribution is -0.116. The van der Waals surface area contributed by atoms with Gasteiger partial charge in [0.1, 0.15) is 0 Å². The number of primary sulfonamides is 1. The first kappa shape index (κ1) is 25.1. The number of rotatable bonds is 8. The van der Waals surface area contributed by atoms with Crippen LogP contribution < -0.4 is 10.5 Å². The highest BCUT2D eigenvalue weighted by molar-refractivity contribution is 7.89. The van der Waals surface area contributed by atoms with Crippen molar-refractivity contribution < 1.29 is 21.6 Å². The van der Waals surface area contributed by atoms with Crippen molar-refractivity contribution in [2.75, 3.05) is 45.1 Å². The number of hydrogen-bond acceptors (Lipinski definition) is 6. The zero-order chi connectivity index (χ0) is 23.4. The van der Waals surface area contributed by atoms with E-state index in [0.29, 0.717) is 38.4 Å². The van der Waals surface area contributed by atoms with E-state index < -0.39 is 20.2 Å². The molecule has 3 N–H and O–H groups in total. The molecule has 0 radical (unpaired) electrons. The predicted octanol–water partition coefficient (Wildman–Crippen LogP) is 0.790. The Bertz CT molecular complexity index is 1000. The lowest BCUT2D eigenvalue weighted by Crippen LogP contribution is -2.54. The molecular weight excluding hydrogens is 454 g/mol. The van der Waals surface area contributed by atoms with Gasteiger partial charge < -0.3 is 10.2 Å². The van der Waals surface area contributed by atoms with E-state index in [0.717, 1.165) is 25.7 Å². The van der Waals surface area contributed by atoms with Gasteiger partial charge in [-0.25, -0.2) is 13.6 Å². The third-order valence-corrected chi connectivity index (χ3v) is 9.17. The van der Waals surface area contributed by atoms with Gasteiger partial charge in [0.05, 0.1) is 4.90 Å². The Balaban J connectivity index is 1.45. The van der Waals surface area contributed by atoms with Crippen LogP contribution in [0.4, 0.5) is 5.69 Å².